The first-order chi connectivity index (χ1) is 10.1. The largest absolute Gasteiger partial charge is 0.381 e. The molecule has 0 spiro atoms. The number of carbonyl (C=O) groups excluding carboxylic acids is 1. The van der Waals surface area contributed by atoms with Crippen LogP contribution in [0.4, 0.5) is 11.4 Å². The highest BCUT2D eigenvalue weighted by atomic mass is 35.5. The van der Waals surface area contributed by atoms with E-state index in [0.717, 1.165) is 32.5 Å². The van der Waals surface area contributed by atoms with Crippen LogP contribution in [0.25, 0.3) is 0 Å². The minimum Gasteiger partial charge on any atom is -0.381 e. The molecule has 1 aliphatic heterocycles. The molecule has 1 aromatic rings. The van der Waals surface area contributed by atoms with E-state index in [1.165, 1.54) is 18.2 Å². The first-order valence-electron chi connectivity index (χ1n) is 6.88. The predicted octanol–water partition coefficient (Wildman–Crippen LogP) is 3.39. The van der Waals surface area contributed by atoms with Crippen molar-refractivity contribution < 1.29 is 14.5 Å². The minimum absolute atomic E-state index is 0.0980. The fourth-order valence-corrected chi connectivity index (χ4v) is 2.47. The van der Waals surface area contributed by atoms with Crippen molar-refractivity contribution in [1.82, 2.24) is 0 Å². The number of benzene rings is 1. The number of ether oxygens (including phenoxy) is 1. The summed E-state index contributed by atoms with van der Waals surface area (Å²) in [5, 5.41) is 13.7. The number of nitro groups is 1. The van der Waals surface area contributed by atoms with Gasteiger partial charge < -0.3 is 10.1 Å². The average molecular weight is 313 g/mol. The molecule has 2 rings (SSSR count). The number of hydrogen-bond acceptors (Lipinski definition) is 4. The van der Waals surface area contributed by atoms with Gasteiger partial charge in [-0.05, 0) is 31.2 Å². The second-order valence-electron chi connectivity index (χ2n) is 5.06. The molecular weight excluding hydrogens is 296 g/mol. The van der Waals surface area contributed by atoms with Crippen LogP contribution in [0.5, 0.6) is 0 Å². The molecule has 114 valence electrons. The molecule has 0 bridgehead atoms. The summed E-state index contributed by atoms with van der Waals surface area (Å²) in [6.07, 6.45) is 3.13. The van der Waals surface area contributed by atoms with Gasteiger partial charge >= 0.3 is 0 Å². The van der Waals surface area contributed by atoms with Crippen LogP contribution in [0.15, 0.2) is 18.2 Å². The maximum Gasteiger partial charge on any atom is 0.271 e. The highest BCUT2D eigenvalue weighted by molar-refractivity contribution is 6.33. The van der Waals surface area contributed by atoms with Gasteiger partial charge in [0.15, 0.2) is 0 Å². The van der Waals surface area contributed by atoms with Gasteiger partial charge in [-0.1, -0.05) is 11.6 Å². The van der Waals surface area contributed by atoms with Crippen molar-refractivity contribution in [3.63, 3.8) is 0 Å². The molecule has 0 saturated carbocycles. The lowest BCUT2D eigenvalue weighted by atomic mass is 9.95. The molecule has 6 nitrogen and oxygen atoms in total. The van der Waals surface area contributed by atoms with Crippen molar-refractivity contribution in [2.24, 2.45) is 5.92 Å². The van der Waals surface area contributed by atoms with Crippen molar-refractivity contribution in [3.8, 4) is 0 Å². The third-order valence-corrected chi connectivity index (χ3v) is 3.88. The molecule has 21 heavy (non-hydrogen) atoms. The normalized spacial score (nSPS) is 15.7. The van der Waals surface area contributed by atoms with Gasteiger partial charge in [-0.2, -0.15) is 0 Å². The van der Waals surface area contributed by atoms with Crippen LogP contribution < -0.4 is 5.32 Å². The molecule has 1 aromatic carbocycles. The Hall–Kier alpha value is -1.66. The topological polar surface area (TPSA) is 81.5 Å². The van der Waals surface area contributed by atoms with Gasteiger partial charge in [-0.3, -0.25) is 14.9 Å². The molecule has 0 atom stereocenters. The Morgan fingerprint density at radius 2 is 2.14 bits per heavy atom. The molecule has 1 saturated heterocycles. The summed E-state index contributed by atoms with van der Waals surface area (Å²) in [5.41, 5.74) is 0.182. The highest BCUT2D eigenvalue weighted by Gasteiger charge is 2.16. The van der Waals surface area contributed by atoms with Gasteiger partial charge in [0.1, 0.15) is 0 Å². The zero-order valence-electron chi connectivity index (χ0n) is 11.5. The molecule has 1 heterocycles. The maximum atomic E-state index is 11.9. The monoisotopic (exact) mass is 312 g/mol. The summed E-state index contributed by atoms with van der Waals surface area (Å²) < 4.78 is 5.27. The Balaban J connectivity index is 1.89. The number of nitrogens with one attached hydrogen (secondary N) is 1. The number of nitro benzene ring substituents is 1. The highest BCUT2D eigenvalue weighted by Crippen LogP contribution is 2.27. The summed E-state index contributed by atoms with van der Waals surface area (Å²) in [6.45, 7) is 1.51. The predicted molar refractivity (Wildman–Crippen MR) is 79.5 cm³/mol. The molecule has 0 aliphatic carbocycles. The summed E-state index contributed by atoms with van der Waals surface area (Å²) in [7, 11) is 0. The first-order valence-corrected chi connectivity index (χ1v) is 7.25. The lowest BCUT2D eigenvalue weighted by molar-refractivity contribution is -0.384. The second kappa shape index (κ2) is 7.38. The molecule has 1 N–H and O–H groups in total. The van der Waals surface area contributed by atoms with Gasteiger partial charge in [-0.25, -0.2) is 0 Å². The number of amides is 1. The maximum absolute atomic E-state index is 11.9. The Kier molecular flexibility index (Phi) is 5.52. The molecule has 7 heteroatoms. The van der Waals surface area contributed by atoms with Crippen molar-refractivity contribution in [2.45, 2.75) is 25.7 Å². The lowest BCUT2D eigenvalue weighted by Crippen LogP contribution is -2.19. The average Bonchev–Trinajstić information content (AvgIpc) is 2.48. The Labute approximate surface area is 127 Å². The molecule has 1 aliphatic rings. The third kappa shape index (κ3) is 4.68. The van der Waals surface area contributed by atoms with E-state index < -0.39 is 4.92 Å². The van der Waals surface area contributed by atoms with E-state index >= 15 is 0 Å². The number of rotatable bonds is 5. The van der Waals surface area contributed by atoms with Crippen molar-refractivity contribution in [2.75, 3.05) is 18.5 Å². The number of anilines is 1. The van der Waals surface area contributed by atoms with E-state index in [1.54, 1.807) is 0 Å². The Morgan fingerprint density at radius 1 is 1.43 bits per heavy atom. The Morgan fingerprint density at radius 3 is 2.81 bits per heavy atom. The zero-order chi connectivity index (χ0) is 15.2. The van der Waals surface area contributed by atoms with Crippen LogP contribution in [0.2, 0.25) is 5.02 Å². The SMILES string of the molecule is O=C(CCC1CCOCC1)Nc1cc([N+](=O)[O-])ccc1Cl. The fraction of sp³-hybridized carbons (Fsp3) is 0.500. The number of hydrogen-bond donors (Lipinski definition) is 1. The first kappa shape index (κ1) is 15.7. The summed E-state index contributed by atoms with van der Waals surface area (Å²) in [6, 6.07) is 3.99. The number of nitrogens with zero attached hydrogens (tertiary/aromatic N) is 1. The van der Waals surface area contributed by atoms with Crippen LogP contribution >= 0.6 is 11.6 Å². The molecule has 0 aromatic heterocycles. The lowest BCUT2D eigenvalue weighted by Gasteiger charge is -2.21. The van der Waals surface area contributed by atoms with Gasteiger partial charge in [0, 0.05) is 31.8 Å². The summed E-state index contributed by atoms with van der Waals surface area (Å²) in [4.78, 5) is 22.1. The van der Waals surface area contributed by atoms with E-state index in [0.29, 0.717) is 17.4 Å². The van der Waals surface area contributed by atoms with E-state index in [9.17, 15) is 14.9 Å². The van der Waals surface area contributed by atoms with Crippen LogP contribution in [0, 0.1) is 16.0 Å². The number of non-ortho nitro benzene ring substituents is 1. The van der Waals surface area contributed by atoms with Gasteiger partial charge in [0.2, 0.25) is 5.91 Å². The number of carbonyl (C=O) groups is 1. The Bertz CT molecular complexity index is 530. The van der Waals surface area contributed by atoms with Gasteiger partial charge in [0.05, 0.1) is 15.6 Å². The standard InChI is InChI=1S/C14H17ClN2O4/c15-12-3-2-11(17(19)20)9-13(12)16-14(18)4-1-10-5-7-21-8-6-10/h2-3,9-10H,1,4-8H2,(H,16,18). The van der Waals surface area contributed by atoms with Gasteiger partial charge in [-0.15, -0.1) is 0 Å². The van der Waals surface area contributed by atoms with Crippen LogP contribution in [0.3, 0.4) is 0 Å². The second-order valence-corrected chi connectivity index (χ2v) is 5.47. The van der Waals surface area contributed by atoms with Crippen molar-refractivity contribution in [3.05, 3.63) is 33.3 Å². The zero-order valence-corrected chi connectivity index (χ0v) is 12.3. The van der Waals surface area contributed by atoms with Gasteiger partial charge in [0.25, 0.3) is 5.69 Å². The fourth-order valence-electron chi connectivity index (χ4n) is 2.31. The van der Waals surface area contributed by atoms with E-state index in [1.807, 2.05) is 0 Å². The summed E-state index contributed by atoms with van der Waals surface area (Å²) >= 11 is 5.94. The summed E-state index contributed by atoms with van der Waals surface area (Å²) in [5.74, 6) is 0.328. The van der Waals surface area contributed by atoms with Crippen LogP contribution in [-0.2, 0) is 9.53 Å². The minimum atomic E-state index is -0.520. The quantitative estimate of drug-likeness (QED) is 0.667. The molecule has 0 radical (unpaired) electrons. The van der Waals surface area contributed by atoms with Crippen molar-refractivity contribution in [1.29, 1.82) is 0 Å². The van der Waals surface area contributed by atoms with E-state index in [4.69, 9.17) is 16.3 Å². The smallest absolute Gasteiger partial charge is 0.271 e. The van der Waals surface area contributed by atoms with Crippen LogP contribution in [0.1, 0.15) is 25.7 Å². The molecule has 0 unspecified atom stereocenters. The third-order valence-electron chi connectivity index (χ3n) is 3.56. The van der Waals surface area contributed by atoms with Crippen molar-refractivity contribution >= 4 is 28.9 Å². The molecular formula is C14H17ClN2O4. The van der Waals surface area contributed by atoms with E-state index in [2.05, 4.69) is 5.32 Å². The van der Waals surface area contributed by atoms with Crippen LogP contribution in [-0.4, -0.2) is 24.0 Å². The molecule has 1 fully saturated rings. The van der Waals surface area contributed by atoms with E-state index in [-0.39, 0.29) is 17.3 Å². The molecule has 1 amide bonds. The number of halogens is 1.